The van der Waals surface area contributed by atoms with E-state index in [2.05, 4.69) is 10.1 Å². The second kappa shape index (κ2) is 7.48. The molecule has 0 aromatic heterocycles. The van der Waals surface area contributed by atoms with Gasteiger partial charge in [-0.05, 0) is 0 Å². The first kappa shape index (κ1) is 15.2. The van der Waals surface area contributed by atoms with Gasteiger partial charge < -0.3 is 20.1 Å². The normalized spacial score (nSPS) is 11.5. The summed E-state index contributed by atoms with van der Waals surface area (Å²) < 4.78 is 4.53. The highest BCUT2D eigenvalue weighted by molar-refractivity contribution is 5.77. The lowest BCUT2D eigenvalue weighted by Gasteiger charge is -2.20. The Morgan fingerprint density at radius 1 is 1.41 bits per heavy atom. The van der Waals surface area contributed by atoms with Crippen molar-refractivity contribution in [3.63, 3.8) is 0 Å². The Bertz CT molecular complexity index is 292. The van der Waals surface area contributed by atoms with Crippen molar-refractivity contribution in [2.24, 2.45) is 5.92 Å². The fraction of sp³-hybridized carbons (Fsp3) is 0.700. The first-order chi connectivity index (χ1) is 7.88. The summed E-state index contributed by atoms with van der Waals surface area (Å²) in [5, 5.41) is 10.8. The topological polar surface area (TPSA) is 95.9 Å². The molecule has 7 heteroatoms. The number of ether oxygens (including phenoxy) is 1. The molecule has 17 heavy (non-hydrogen) atoms. The zero-order chi connectivity index (χ0) is 13.4. The van der Waals surface area contributed by atoms with E-state index in [4.69, 9.17) is 5.11 Å². The van der Waals surface area contributed by atoms with Crippen LogP contribution in [-0.2, 0) is 14.3 Å². The van der Waals surface area contributed by atoms with Crippen LogP contribution in [0, 0.1) is 5.92 Å². The number of carbonyl (C=O) groups excluding carboxylic acids is 2. The molecule has 0 aromatic carbocycles. The maximum absolute atomic E-state index is 11.4. The minimum absolute atomic E-state index is 0.0606. The molecule has 98 valence electrons. The average Bonchev–Trinajstić information content (AvgIpc) is 2.26. The van der Waals surface area contributed by atoms with E-state index in [0.717, 1.165) is 0 Å². The van der Waals surface area contributed by atoms with Crippen LogP contribution in [0.3, 0.4) is 0 Å². The van der Waals surface area contributed by atoms with Crippen molar-refractivity contribution in [1.82, 2.24) is 10.2 Å². The van der Waals surface area contributed by atoms with Crippen LogP contribution in [-0.4, -0.2) is 55.2 Å². The number of carbonyl (C=O) groups is 3. The zero-order valence-corrected chi connectivity index (χ0v) is 10.2. The van der Waals surface area contributed by atoms with Gasteiger partial charge >= 0.3 is 18.0 Å². The molecular weight excluding hydrogens is 228 g/mol. The van der Waals surface area contributed by atoms with Gasteiger partial charge in [-0.3, -0.25) is 9.59 Å². The van der Waals surface area contributed by atoms with Gasteiger partial charge in [0.1, 0.15) is 0 Å². The molecule has 0 radical (unpaired) electrons. The number of rotatable bonds is 6. The molecule has 0 saturated heterocycles. The summed E-state index contributed by atoms with van der Waals surface area (Å²) in [4.78, 5) is 34.1. The Balaban J connectivity index is 3.96. The predicted octanol–water partition coefficient (Wildman–Crippen LogP) is -0.0884. The number of carboxylic acids is 1. The van der Waals surface area contributed by atoms with Crippen molar-refractivity contribution in [3.8, 4) is 0 Å². The lowest BCUT2D eigenvalue weighted by atomic mass is 10.2. The van der Waals surface area contributed by atoms with Gasteiger partial charge in [0.05, 0.1) is 19.4 Å². The first-order valence-electron chi connectivity index (χ1n) is 5.17. The minimum Gasteiger partial charge on any atom is -0.481 e. The number of carboxylic acid groups (broad SMARTS) is 1. The number of esters is 1. The van der Waals surface area contributed by atoms with Crippen molar-refractivity contribution in [1.29, 1.82) is 0 Å². The smallest absolute Gasteiger partial charge is 0.317 e. The number of nitrogens with zero attached hydrogens (tertiary/aromatic N) is 1. The molecule has 0 rings (SSSR count). The molecule has 0 fully saturated rings. The minimum atomic E-state index is -0.976. The van der Waals surface area contributed by atoms with E-state index in [1.54, 1.807) is 6.92 Å². The maximum atomic E-state index is 11.4. The Morgan fingerprint density at radius 3 is 2.47 bits per heavy atom. The SMILES string of the molecule is COC(=O)C(C)CN(C)C(=O)NCCC(=O)O. The molecule has 0 aromatic rings. The maximum Gasteiger partial charge on any atom is 0.317 e. The van der Waals surface area contributed by atoms with Gasteiger partial charge in [-0.25, -0.2) is 4.79 Å². The van der Waals surface area contributed by atoms with Crippen LogP contribution >= 0.6 is 0 Å². The molecule has 0 saturated carbocycles. The number of amides is 2. The van der Waals surface area contributed by atoms with E-state index < -0.39 is 23.9 Å². The second-order valence-electron chi connectivity index (χ2n) is 3.68. The third-order valence-corrected chi connectivity index (χ3v) is 2.11. The highest BCUT2D eigenvalue weighted by Crippen LogP contribution is 2.00. The fourth-order valence-corrected chi connectivity index (χ4v) is 1.18. The molecule has 0 aliphatic carbocycles. The number of hydrogen-bond acceptors (Lipinski definition) is 4. The molecule has 2 amide bonds. The molecule has 0 spiro atoms. The summed E-state index contributed by atoms with van der Waals surface area (Å²) in [5.41, 5.74) is 0. The fourth-order valence-electron chi connectivity index (χ4n) is 1.18. The molecule has 0 aliphatic heterocycles. The summed E-state index contributed by atoms with van der Waals surface area (Å²) in [6.07, 6.45) is -0.133. The molecule has 0 bridgehead atoms. The summed E-state index contributed by atoms with van der Waals surface area (Å²) in [7, 11) is 2.81. The number of urea groups is 1. The molecule has 1 unspecified atom stereocenters. The van der Waals surface area contributed by atoms with Crippen molar-refractivity contribution in [2.75, 3.05) is 27.2 Å². The Hall–Kier alpha value is -1.79. The van der Waals surface area contributed by atoms with Gasteiger partial charge in [0.15, 0.2) is 0 Å². The largest absolute Gasteiger partial charge is 0.481 e. The van der Waals surface area contributed by atoms with Crippen LogP contribution in [0.1, 0.15) is 13.3 Å². The number of nitrogens with one attached hydrogen (secondary N) is 1. The Kier molecular flexibility index (Phi) is 6.69. The van der Waals surface area contributed by atoms with Crippen molar-refractivity contribution >= 4 is 18.0 Å². The van der Waals surface area contributed by atoms with E-state index in [9.17, 15) is 14.4 Å². The van der Waals surface area contributed by atoms with Crippen molar-refractivity contribution in [3.05, 3.63) is 0 Å². The summed E-state index contributed by atoms with van der Waals surface area (Å²) in [5.74, 6) is -1.79. The zero-order valence-electron chi connectivity index (χ0n) is 10.2. The van der Waals surface area contributed by atoms with Crippen LogP contribution in [0.5, 0.6) is 0 Å². The highest BCUT2D eigenvalue weighted by atomic mass is 16.5. The number of hydrogen-bond donors (Lipinski definition) is 2. The quantitative estimate of drug-likeness (QED) is 0.639. The van der Waals surface area contributed by atoms with E-state index in [-0.39, 0.29) is 19.5 Å². The van der Waals surface area contributed by atoms with Crippen LogP contribution in [0.25, 0.3) is 0 Å². The molecule has 0 aliphatic rings. The monoisotopic (exact) mass is 246 g/mol. The Labute approximate surface area is 99.7 Å². The third kappa shape index (κ3) is 6.39. The van der Waals surface area contributed by atoms with Gasteiger partial charge in [0.25, 0.3) is 0 Å². The van der Waals surface area contributed by atoms with Crippen molar-refractivity contribution in [2.45, 2.75) is 13.3 Å². The van der Waals surface area contributed by atoms with Gasteiger partial charge in [0, 0.05) is 20.1 Å². The molecule has 7 nitrogen and oxygen atoms in total. The lowest BCUT2D eigenvalue weighted by Crippen LogP contribution is -2.41. The summed E-state index contributed by atoms with van der Waals surface area (Å²) in [6.45, 7) is 1.92. The van der Waals surface area contributed by atoms with Gasteiger partial charge in [-0.15, -0.1) is 0 Å². The van der Waals surface area contributed by atoms with E-state index in [0.29, 0.717) is 0 Å². The molecular formula is C10H18N2O5. The standard InChI is InChI=1S/C10H18N2O5/c1-7(9(15)17-3)6-12(2)10(16)11-5-4-8(13)14/h7H,4-6H2,1-3H3,(H,11,16)(H,13,14). The number of methoxy groups -OCH3 is 1. The second-order valence-corrected chi connectivity index (χ2v) is 3.68. The third-order valence-electron chi connectivity index (χ3n) is 2.11. The molecule has 2 N–H and O–H groups in total. The van der Waals surface area contributed by atoms with Crippen LogP contribution in [0.2, 0.25) is 0 Å². The van der Waals surface area contributed by atoms with Crippen LogP contribution < -0.4 is 5.32 Å². The van der Waals surface area contributed by atoms with Crippen LogP contribution in [0.4, 0.5) is 4.79 Å². The van der Waals surface area contributed by atoms with E-state index >= 15 is 0 Å². The van der Waals surface area contributed by atoms with Gasteiger partial charge in [-0.2, -0.15) is 0 Å². The average molecular weight is 246 g/mol. The molecule has 0 heterocycles. The predicted molar refractivity (Wildman–Crippen MR) is 59.5 cm³/mol. The summed E-state index contributed by atoms with van der Waals surface area (Å²) in [6, 6.07) is -0.415. The Morgan fingerprint density at radius 2 is 2.00 bits per heavy atom. The number of aliphatic carboxylic acids is 1. The van der Waals surface area contributed by atoms with Crippen molar-refractivity contribution < 1.29 is 24.2 Å². The first-order valence-corrected chi connectivity index (χ1v) is 5.17. The lowest BCUT2D eigenvalue weighted by molar-refractivity contribution is -0.145. The summed E-state index contributed by atoms with van der Waals surface area (Å²) >= 11 is 0. The van der Waals surface area contributed by atoms with Gasteiger partial charge in [-0.1, -0.05) is 6.92 Å². The highest BCUT2D eigenvalue weighted by Gasteiger charge is 2.18. The van der Waals surface area contributed by atoms with Crippen LogP contribution in [0.15, 0.2) is 0 Å². The van der Waals surface area contributed by atoms with Gasteiger partial charge in [0.2, 0.25) is 0 Å². The van der Waals surface area contributed by atoms with E-state index in [1.165, 1.54) is 19.1 Å². The van der Waals surface area contributed by atoms with E-state index in [1.807, 2.05) is 0 Å². The molecule has 1 atom stereocenters.